The fraction of sp³-hybridized carbons (Fsp3) is 0.176. The second kappa shape index (κ2) is 7.65. The Morgan fingerprint density at radius 1 is 1.12 bits per heavy atom. The van der Waals surface area contributed by atoms with E-state index in [0.29, 0.717) is 11.3 Å². The van der Waals surface area contributed by atoms with E-state index in [0.717, 1.165) is 12.1 Å². The summed E-state index contributed by atoms with van der Waals surface area (Å²) in [5.41, 5.74) is 0.310. The predicted octanol–water partition coefficient (Wildman–Crippen LogP) is 3.02. The monoisotopic (exact) mass is 334 g/mol. The van der Waals surface area contributed by atoms with Crippen LogP contribution in [0, 0.1) is 11.6 Å². The number of amides is 2. The number of hydrogen-bond acceptors (Lipinski definition) is 3. The van der Waals surface area contributed by atoms with Gasteiger partial charge in [-0.25, -0.2) is 13.6 Å². The van der Waals surface area contributed by atoms with E-state index in [1.807, 2.05) is 0 Å². The van der Waals surface area contributed by atoms with Gasteiger partial charge >= 0.3 is 6.03 Å². The Kier molecular flexibility index (Phi) is 5.59. The summed E-state index contributed by atoms with van der Waals surface area (Å²) < 4.78 is 27.1. The Labute approximate surface area is 137 Å². The highest BCUT2D eigenvalue weighted by Crippen LogP contribution is 2.20. The van der Waals surface area contributed by atoms with E-state index < -0.39 is 29.3 Å². The van der Waals surface area contributed by atoms with Gasteiger partial charge in [0.25, 0.3) is 0 Å². The number of nitrogens with one attached hydrogen (secondary N) is 2. The van der Waals surface area contributed by atoms with Gasteiger partial charge in [0.2, 0.25) is 0 Å². The number of anilines is 1. The Bertz CT molecular complexity index is 745. The lowest BCUT2D eigenvalue weighted by Crippen LogP contribution is -2.32. The number of ketones is 1. The molecule has 1 atom stereocenters. The zero-order valence-corrected chi connectivity index (χ0v) is 12.8. The molecule has 5 nitrogen and oxygen atoms in total. The molecule has 0 saturated carbocycles. The van der Waals surface area contributed by atoms with E-state index in [1.165, 1.54) is 19.1 Å². The normalized spacial score (nSPS) is 11.7. The first-order chi connectivity index (χ1) is 11.4. The fourth-order valence-electron chi connectivity index (χ4n) is 2.11. The van der Waals surface area contributed by atoms with E-state index in [2.05, 4.69) is 10.6 Å². The smallest absolute Gasteiger partial charge is 0.319 e. The molecule has 0 aliphatic rings. The fourth-order valence-corrected chi connectivity index (χ4v) is 2.11. The van der Waals surface area contributed by atoms with Crippen molar-refractivity contribution in [3.63, 3.8) is 0 Å². The zero-order valence-electron chi connectivity index (χ0n) is 12.8. The molecule has 0 aliphatic carbocycles. The topological polar surface area (TPSA) is 78.4 Å². The molecule has 0 radical (unpaired) electrons. The molecule has 126 valence electrons. The average Bonchev–Trinajstić information content (AvgIpc) is 2.53. The van der Waals surface area contributed by atoms with E-state index in [9.17, 15) is 23.5 Å². The van der Waals surface area contributed by atoms with Crippen molar-refractivity contribution in [2.24, 2.45) is 0 Å². The third kappa shape index (κ3) is 4.36. The van der Waals surface area contributed by atoms with E-state index >= 15 is 0 Å². The lowest BCUT2D eigenvalue weighted by Gasteiger charge is -2.14. The minimum atomic E-state index is -1.53. The average molecular weight is 334 g/mol. The molecule has 24 heavy (non-hydrogen) atoms. The first kappa shape index (κ1) is 17.6. The van der Waals surface area contributed by atoms with Crippen molar-refractivity contribution in [1.29, 1.82) is 0 Å². The Morgan fingerprint density at radius 3 is 2.38 bits per heavy atom. The van der Waals surface area contributed by atoms with Gasteiger partial charge in [0.1, 0.15) is 17.7 Å². The van der Waals surface area contributed by atoms with Crippen LogP contribution < -0.4 is 10.6 Å². The van der Waals surface area contributed by atoms with Gasteiger partial charge in [0.05, 0.1) is 5.56 Å². The van der Waals surface area contributed by atoms with Gasteiger partial charge < -0.3 is 15.7 Å². The number of hydrogen-bond donors (Lipinski definition) is 3. The molecule has 0 aromatic heterocycles. The largest absolute Gasteiger partial charge is 0.386 e. The van der Waals surface area contributed by atoms with Crippen molar-refractivity contribution < 1.29 is 23.5 Å². The molecule has 0 saturated heterocycles. The second-order valence-electron chi connectivity index (χ2n) is 5.12. The van der Waals surface area contributed by atoms with Crippen molar-refractivity contribution in [3.8, 4) is 0 Å². The predicted molar refractivity (Wildman–Crippen MR) is 84.8 cm³/mol. The van der Waals surface area contributed by atoms with Crippen LogP contribution in [0.3, 0.4) is 0 Å². The van der Waals surface area contributed by atoms with E-state index in [1.54, 1.807) is 18.2 Å². The molecule has 0 fully saturated rings. The van der Waals surface area contributed by atoms with Crippen LogP contribution in [-0.2, 0) is 0 Å². The quantitative estimate of drug-likeness (QED) is 0.736. The summed E-state index contributed by atoms with van der Waals surface area (Å²) in [5, 5.41) is 14.6. The summed E-state index contributed by atoms with van der Waals surface area (Å²) in [6.45, 7) is 1.02. The molecule has 1 unspecified atom stereocenters. The number of benzene rings is 2. The highest BCUT2D eigenvalue weighted by atomic mass is 19.1. The lowest BCUT2D eigenvalue weighted by atomic mass is 10.1. The summed E-state index contributed by atoms with van der Waals surface area (Å²) >= 11 is 0. The summed E-state index contributed by atoms with van der Waals surface area (Å²) in [6.07, 6.45) is -1.53. The number of rotatable bonds is 5. The third-order valence-corrected chi connectivity index (χ3v) is 3.32. The van der Waals surface area contributed by atoms with Gasteiger partial charge in [-0.15, -0.1) is 0 Å². The second-order valence-corrected chi connectivity index (χ2v) is 5.12. The summed E-state index contributed by atoms with van der Waals surface area (Å²) in [4.78, 5) is 23.1. The maximum Gasteiger partial charge on any atom is 0.319 e. The molecular formula is C17H16F2N2O3. The minimum absolute atomic E-state index is 0.149. The Morgan fingerprint density at radius 2 is 1.75 bits per heavy atom. The van der Waals surface area contributed by atoms with Crippen LogP contribution in [0.5, 0.6) is 0 Å². The number of aliphatic hydroxyl groups is 1. The van der Waals surface area contributed by atoms with Gasteiger partial charge in [-0.2, -0.15) is 0 Å². The van der Waals surface area contributed by atoms with Gasteiger partial charge in [-0.05, 0) is 31.2 Å². The van der Waals surface area contributed by atoms with Crippen LogP contribution in [-0.4, -0.2) is 23.5 Å². The highest BCUT2D eigenvalue weighted by Gasteiger charge is 2.18. The van der Waals surface area contributed by atoms with Gasteiger partial charge in [0.15, 0.2) is 5.78 Å². The molecule has 2 aromatic carbocycles. The summed E-state index contributed by atoms with van der Waals surface area (Å²) in [7, 11) is 0. The molecule has 0 heterocycles. The van der Waals surface area contributed by atoms with E-state index in [-0.39, 0.29) is 12.3 Å². The molecule has 2 aromatic rings. The molecule has 7 heteroatoms. The standard InChI is InChI=1S/C17H16F2N2O3/c1-10(22)11-4-2-5-12(8-11)21-17(24)20-9-15(23)16-13(18)6-3-7-14(16)19/h2-8,15,23H,9H2,1H3,(H2,20,21,24). The maximum absolute atomic E-state index is 13.5. The van der Waals surface area contributed by atoms with Crippen molar-refractivity contribution in [1.82, 2.24) is 5.32 Å². The first-order valence-electron chi connectivity index (χ1n) is 7.16. The number of urea groups is 1. The molecule has 2 rings (SSSR count). The number of carbonyl (C=O) groups is 2. The van der Waals surface area contributed by atoms with Crippen LogP contribution in [0.4, 0.5) is 19.3 Å². The Hall–Kier alpha value is -2.80. The van der Waals surface area contributed by atoms with E-state index in [4.69, 9.17) is 0 Å². The molecule has 2 amide bonds. The third-order valence-electron chi connectivity index (χ3n) is 3.32. The number of aliphatic hydroxyl groups excluding tert-OH is 1. The number of halogens is 2. The Balaban J connectivity index is 1.96. The number of carbonyl (C=O) groups excluding carboxylic acids is 2. The van der Waals surface area contributed by atoms with Crippen LogP contribution in [0.15, 0.2) is 42.5 Å². The summed E-state index contributed by atoms with van der Waals surface area (Å²) in [5.74, 6) is -1.93. The SMILES string of the molecule is CC(=O)c1cccc(NC(=O)NCC(O)c2c(F)cccc2F)c1. The first-order valence-corrected chi connectivity index (χ1v) is 7.16. The van der Waals surface area contributed by atoms with Crippen molar-refractivity contribution >= 4 is 17.5 Å². The van der Waals surface area contributed by atoms with Gasteiger partial charge in [0, 0.05) is 17.8 Å². The number of Topliss-reactive ketones (excluding diaryl/α,β-unsaturated/α-hetero) is 1. The highest BCUT2D eigenvalue weighted by molar-refractivity contribution is 5.96. The minimum Gasteiger partial charge on any atom is -0.386 e. The van der Waals surface area contributed by atoms with Crippen molar-refractivity contribution in [2.45, 2.75) is 13.0 Å². The zero-order chi connectivity index (χ0) is 17.7. The van der Waals surface area contributed by atoms with Gasteiger partial charge in [-0.3, -0.25) is 4.79 Å². The molecular weight excluding hydrogens is 318 g/mol. The molecule has 3 N–H and O–H groups in total. The lowest BCUT2D eigenvalue weighted by molar-refractivity contribution is 0.101. The van der Waals surface area contributed by atoms with Crippen LogP contribution >= 0.6 is 0 Å². The molecule has 0 aliphatic heterocycles. The maximum atomic E-state index is 13.5. The van der Waals surface area contributed by atoms with Crippen molar-refractivity contribution in [3.05, 3.63) is 65.2 Å². The van der Waals surface area contributed by atoms with Crippen LogP contribution in [0.25, 0.3) is 0 Å². The van der Waals surface area contributed by atoms with Gasteiger partial charge in [-0.1, -0.05) is 18.2 Å². The summed E-state index contributed by atoms with van der Waals surface area (Å²) in [6, 6.07) is 8.85. The van der Waals surface area contributed by atoms with Crippen LogP contribution in [0.2, 0.25) is 0 Å². The molecule has 0 spiro atoms. The molecule has 0 bridgehead atoms. The van der Waals surface area contributed by atoms with Crippen LogP contribution in [0.1, 0.15) is 28.9 Å². The van der Waals surface area contributed by atoms with Crippen molar-refractivity contribution in [2.75, 3.05) is 11.9 Å².